The molecule has 0 aromatic carbocycles. The first-order chi connectivity index (χ1) is 9.71. The van der Waals surface area contributed by atoms with E-state index in [2.05, 4.69) is 39.2 Å². The van der Waals surface area contributed by atoms with Crippen molar-refractivity contribution in [2.45, 2.75) is 76.8 Å². The fraction of sp³-hybridized carbons (Fsp3) is 0.765. The molecule has 0 radical (unpaired) electrons. The average molecular weight is 327 g/mol. The second-order valence-corrected chi connectivity index (χ2v) is 13.5. The lowest BCUT2D eigenvalue weighted by atomic mass is 9.82. The maximum Gasteiger partial charge on any atom is 0.192 e. The molecule has 0 bridgehead atoms. The molecular weight excluding hydrogens is 296 g/mol. The Balaban J connectivity index is 1.86. The molecule has 2 nitrogen and oxygen atoms in total. The summed E-state index contributed by atoms with van der Waals surface area (Å²) >= 11 is 1.66. The van der Waals surface area contributed by atoms with Crippen molar-refractivity contribution in [1.29, 1.82) is 0 Å². The molecule has 1 aliphatic rings. The molecular formula is C17H30O2SSi. The van der Waals surface area contributed by atoms with E-state index >= 15 is 0 Å². The van der Waals surface area contributed by atoms with Crippen molar-refractivity contribution in [1.82, 2.24) is 0 Å². The van der Waals surface area contributed by atoms with Crippen LogP contribution in [0.5, 0.6) is 0 Å². The van der Waals surface area contributed by atoms with Crippen molar-refractivity contribution < 1.29 is 9.53 Å². The molecule has 1 fully saturated rings. The molecule has 1 saturated carbocycles. The van der Waals surface area contributed by atoms with Gasteiger partial charge in [-0.05, 0) is 72.1 Å². The second-order valence-electron chi connectivity index (χ2n) is 7.92. The van der Waals surface area contributed by atoms with Crippen LogP contribution in [-0.2, 0) is 4.43 Å². The Morgan fingerprint density at radius 2 is 1.86 bits per heavy atom. The predicted molar refractivity (Wildman–Crippen MR) is 93.3 cm³/mol. The lowest BCUT2D eigenvalue weighted by Gasteiger charge is -2.41. The zero-order chi connectivity index (χ0) is 15.7. The van der Waals surface area contributed by atoms with E-state index < -0.39 is 8.32 Å². The van der Waals surface area contributed by atoms with Gasteiger partial charge >= 0.3 is 0 Å². The summed E-state index contributed by atoms with van der Waals surface area (Å²) in [6.07, 6.45) is 4.46. The summed E-state index contributed by atoms with van der Waals surface area (Å²) in [5.41, 5.74) is 1.09. The highest BCUT2D eigenvalue weighted by Gasteiger charge is 2.40. The van der Waals surface area contributed by atoms with Gasteiger partial charge in [0, 0.05) is 6.10 Å². The first-order valence-electron chi connectivity index (χ1n) is 8.09. The SMILES string of the molecule is CC(C)(C)[Si](C)(C)OC1CCC(C(O)c2ccsc2)CC1. The molecule has 120 valence electrons. The summed E-state index contributed by atoms with van der Waals surface area (Å²) in [6, 6.07) is 2.05. The zero-order valence-electron chi connectivity index (χ0n) is 14.1. The fourth-order valence-corrected chi connectivity index (χ4v) is 4.94. The van der Waals surface area contributed by atoms with Gasteiger partial charge in [-0.1, -0.05) is 20.8 Å². The van der Waals surface area contributed by atoms with Gasteiger partial charge in [0.05, 0.1) is 6.10 Å². The van der Waals surface area contributed by atoms with Crippen molar-refractivity contribution in [2.75, 3.05) is 0 Å². The minimum absolute atomic E-state index is 0.278. The second kappa shape index (κ2) is 6.53. The third-order valence-corrected chi connectivity index (χ3v) is 10.6. The van der Waals surface area contributed by atoms with Crippen molar-refractivity contribution in [3.8, 4) is 0 Å². The maximum atomic E-state index is 10.5. The number of aliphatic hydroxyl groups excluding tert-OH is 1. The number of hydrogen-bond donors (Lipinski definition) is 1. The normalized spacial score (nSPS) is 25.8. The molecule has 1 unspecified atom stereocenters. The zero-order valence-corrected chi connectivity index (χ0v) is 15.9. The Bertz CT molecular complexity index is 428. The van der Waals surface area contributed by atoms with Crippen molar-refractivity contribution in [2.24, 2.45) is 5.92 Å². The van der Waals surface area contributed by atoms with Crippen molar-refractivity contribution >= 4 is 19.7 Å². The van der Waals surface area contributed by atoms with E-state index in [0.29, 0.717) is 12.0 Å². The van der Waals surface area contributed by atoms with Gasteiger partial charge in [-0.25, -0.2) is 0 Å². The molecule has 1 aromatic heterocycles. The summed E-state index contributed by atoms with van der Waals surface area (Å²) in [7, 11) is -1.66. The van der Waals surface area contributed by atoms with Crippen LogP contribution in [0.4, 0.5) is 0 Å². The molecule has 1 N–H and O–H groups in total. The minimum atomic E-state index is -1.66. The van der Waals surface area contributed by atoms with Gasteiger partial charge in [0.1, 0.15) is 0 Å². The number of rotatable bonds is 4. The van der Waals surface area contributed by atoms with Gasteiger partial charge in [-0.15, -0.1) is 0 Å². The monoisotopic (exact) mass is 326 g/mol. The van der Waals surface area contributed by atoms with Crippen LogP contribution in [0.2, 0.25) is 18.1 Å². The molecule has 4 heteroatoms. The third kappa shape index (κ3) is 4.18. The van der Waals surface area contributed by atoms with Crippen LogP contribution in [0.15, 0.2) is 16.8 Å². The maximum absolute atomic E-state index is 10.5. The van der Waals surface area contributed by atoms with Crippen LogP contribution in [0.1, 0.15) is 58.1 Å². The number of aliphatic hydroxyl groups is 1. The Kier molecular flexibility index (Phi) is 5.34. The average Bonchev–Trinajstić information content (AvgIpc) is 2.91. The molecule has 0 amide bonds. The highest BCUT2D eigenvalue weighted by Crippen LogP contribution is 2.41. The Morgan fingerprint density at radius 1 is 1.24 bits per heavy atom. The van der Waals surface area contributed by atoms with E-state index in [-0.39, 0.29) is 11.1 Å². The van der Waals surface area contributed by atoms with E-state index in [1.807, 2.05) is 11.4 Å². The Labute approximate surface area is 134 Å². The highest BCUT2D eigenvalue weighted by molar-refractivity contribution is 7.07. The van der Waals surface area contributed by atoms with E-state index in [9.17, 15) is 5.11 Å². The summed E-state index contributed by atoms with van der Waals surface area (Å²) in [4.78, 5) is 0. The molecule has 1 heterocycles. The van der Waals surface area contributed by atoms with Crippen LogP contribution in [0.25, 0.3) is 0 Å². The van der Waals surface area contributed by atoms with Crippen LogP contribution in [-0.4, -0.2) is 19.5 Å². The van der Waals surface area contributed by atoms with E-state index in [1.54, 1.807) is 11.3 Å². The molecule has 0 aliphatic heterocycles. The molecule has 1 atom stereocenters. The van der Waals surface area contributed by atoms with Gasteiger partial charge in [0.15, 0.2) is 8.32 Å². The standard InChI is InChI=1S/C17H30O2SSi/c1-17(2,3)21(4,5)19-15-8-6-13(7-9-15)16(18)14-10-11-20-12-14/h10-13,15-16,18H,6-9H2,1-5H3. The molecule has 0 spiro atoms. The lowest BCUT2D eigenvalue weighted by molar-refractivity contribution is 0.0456. The van der Waals surface area contributed by atoms with Crippen LogP contribution < -0.4 is 0 Å². The number of thiophene rings is 1. The van der Waals surface area contributed by atoms with Gasteiger partial charge in [0.25, 0.3) is 0 Å². The van der Waals surface area contributed by atoms with Crippen LogP contribution in [0.3, 0.4) is 0 Å². The summed E-state index contributed by atoms with van der Waals surface area (Å²) in [5, 5.41) is 14.9. The topological polar surface area (TPSA) is 29.5 Å². The first-order valence-corrected chi connectivity index (χ1v) is 11.9. The minimum Gasteiger partial charge on any atom is -0.414 e. The summed E-state index contributed by atoms with van der Waals surface area (Å²) < 4.78 is 6.52. The molecule has 0 saturated heterocycles. The van der Waals surface area contributed by atoms with Gasteiger partial charge in [-0.3, -0.25) is 0 Å². The van der Waals surface area contributed by atoms with Gasteiger partial charge < -0.3 is 9.53 Å². The lowest BCUT2D eigenvalue weighted by Crippen LogP contribution is -2.44. The van der Waals surface area contributed by atoms with E-state index in [0.717, 1.165) is 31.2 Å². The largest absolute Gasteiger partial charge is 0.414 e. The van der Waals surface area contributed by atoms with Gasteiger partial charge in [-0.2, -0.15) is 11.3 Å². The quantitative estimate of drug-likeness (QED) is 0.754. The van der Waals surface area contributed by atoms with E-state index in [1.165, 1.54) is 0 Å². The van der Waals surface area contributed by atoms with E-state index in [4.69, 9.17) is 4.43 Å². The smallest absolute Gasteiger partial charge is 0.192 e. The third-order valence-electron chi connectivity index (χ3n) is 5.32. The molecule has 1 aliphatic carbocycles. The molecule has 1 aromatic rings. The first kappa shape index (κ1) is 17.2. The van der Waals surface area contributed by atoms with Gasteiger partial charge in [0.2, 0.25) is 0 Å². The van der Waals surface area contributed by atoms with Crippen molar-refractivity contribution in [3.63, 3.8) is 0 Å². The molecule has 2 rings (SSSR count). The fourth-order valence-electron chi connectivity index (χ4n) is 2.83. The predicted octanol–water partition coefficient (Wildman–Crippen LogP) is 5.36. The number of hydrogen-bond acceptors (Lipinski definition) is 3. The summed E-state index contributed by atoms with van der Waals surface area (Å²) in [5.74, 6) is 0.402. The van der Waals surface area contributed by atoms with Crippen molar-refractivity contribution in [3.05, 3.63) is 22.4 Å². The molecule has 21 heavy (non-hydrogen) atoms. The Hall–Kier alpha value is -0.163. The van der Waals surface area contributed by atoms with Crippen LogP contribution in [0, 0.1) is 5.92 Å². The Morgan fingerprint density at radius 3 is 2.33 bits per heavy atom. The summed E-state index contributed by atoms with van der Waals surface area (Å²) in [6.45, 7) is 11.6. The highest BCUT2D eigenvalue weighted by atomic mass is 32.1. The van der Waals surface area contributed by atoms with Crippen LogP contribution >= 0.6 is 11.3 Å².